The zero-order chi connectivity index (χ0) is 13.4. The average molecular weight is 376 g/mol. The molecule has 0 aromatic carbocycles. The van der Waals surface area contributed by atoms with Crippen LogP contribution < -0.4 is 0 Å². The van der Waals surface area contributed by atoms with Gasteiger partial charge >= 0.3 is 0 Å². The lowest BCUT2D eigenvalue weighted by Crippen LogP contribution is -2.63. The van der Waals surface area contributed by atoms with Gasteiger partial charge in [-0.1, -0.05) is 33.1 Å². The zero-order valence-electron chi connectivity index (χ0n) is 12.5. The Bertz CT molecular complexity index is 306. The Hall–Kier alpha value is 0.690. The summed E-state index contributed by atoms with van der Waals surface area (Å²) in [6.45, 7) is 5.77. The second-order valence-electron chi connectivity index (χ2n) is 7.32. The Morgan fingerprint density at radius 1 is 1.05 bits per heavy atom. The van der Waals surface area contributed by atoms with Crippen LogP contribution in [0, 0.1) is 41.4 Å². The summed E-state index contributed by atoms with van der Waals surface area (Å²) in [4.78, 5) is 0. The lowest BCUT2D eigenvalue weighted by molar-refractivity contribution is -0.207. The number of rotatable bonds is 6. The molecule has 0 aromatic heterocycles. The molecule has 0 spiro atoms. The van der Waals surface area contributed by atoms with Gasteiger partial charge in [0.1, 0.15) is 23.0 Å². The summed E-state index contributed by atoms with van der Waals surface area (Å²) in [6, 6.07) is 0. The molecule has 3 fully saturated rings. The second-order valence-corrected chi connectivity index (χ2v) is 7.94. The smallest absolute Gasteiger partial charge is 0.109 e. The third kappa shape index (κ3) is 2.39. The van der Waals surface area contributed by atoms with Crippen LogP contribution in [-0.2, 0) is 3.07 Å². The lowest BCUT2D eigenvalue weighted by atomic mass is 9.36. The van der Waals surface area contributed by atoms with Gasteiger partial charge in [-0.25, -0.2) is 0 Å². The highest BCUT2D eigenvalue weighted by molar-refractivity contribution is 14.1. The first-order chi connectivity index (χ1) is 9.31. The van der Waals surface area contributed by atoms with E-state index >= 15 is 0 Å². The highest BCUT2D eigenvalue weighted by Gasteiger charge is 2.64. The first-order valence-electron chi connectivity index (χ1n) is 8.55. The van der Waals surface area contributed by atoms with Crippen LogP contribution >= 0.6 is 23.0 Å². The fourth-order valence-corrected chi connectivity index (χ4v) is 6.47. The highest BCUT2D eigenvalue weighted by Crippen LogP contribution is 2.70. The van der Waals surface area contributed by atoms with Gasteiger partial charge in [0.2, 0.25) is 0 Å². The van der Waals surface area contributed by atoms with Crippen molar-refractivity contribution in [3.63, 3.8) is 0 Å². The minimum atomic E-state index is 0.857. The molecule has 0 N–H and O–H groups in total. The van der Waals surface area contributed by atoms with Gasteiger partial charge in [-0.2, -0.15) is 0 Å². The molecule has 2 heteroatoms. The van der Waals surface area contributed by atoms with Crippen molar-refractivity contribution < 1.29 is 3.07 Å². The lowest BCUT2D eigenvalue weighted by Gasteiger charge is -2.68. The number of hydrogen-bond acceptors (Lipinski definition) is 1. The minimum absolute atomic E-state index is 0.857. The topological polar surface area (TPSA) is 9.23 Å². The monoisotopic (exact) mass is 376 g/mol. The fourth-order valence-electron chi connectivity index (χ4n) is 5.96. The molecule has 0 radical (unpaired) electrons. The molecule has 0 bridgehead atoms. The van der Waals surface area contributed by atoms with Gasteiger partial charge in [0, 0.05) is 0 Å². The van der Waals surface area contributed by atoms with E-state index in [-0.39, 0.29) is 0 Å². The molecular weight excluding hydrogens is 347 g/mol. The SMILES string of the molecule is CCCCC1C2CC(COI)CCC3C(CC)C1C32. The first-order valence-corrected chi connectivity index (χ1v) is 9.43. The van der Waals surface area contributed by atoms with Crippen LogP contribution in [-0.4, -0.2) is 6.61 Å². The Kier molecular flexibility index (Phi) is 4.78. The average Bonchev–Trinajstić information content (AvgIpc) is 2.46. The van der Waals surface area contributed by atoms with Gasteiger partial charge in [-0.05, 0) is 67.1 Å². The van der Waals surface area contributed by atoms with Crippen molar-refractivity contribution in [2.24, 2.45) is 41.4 Å². The molecule has 0 amide bonds. The van der Waals surface area contributed by atoms with E-state index in [4.69, 9.17) is 3.07 Å². The molecule has 19 heavy (non-hydrogen) atoms. The molecular formula is C17H29IO. The molecule has 0 heterocycles. The van der Waals surface area contributed by atoms with E-state index in [0.717, 1.165) is 48.0 Å². The van der Waals surface area contributed by atoms with E-state index in [9.17, 15) is 0 Å². The van der Waals surface area contributed by atoms with E-state index in [0.29, 0.717) is 0 Å². The molecule has 7 atom stereocenters. The Morgan fingerprint density at radius 2 is 1.89 bits per heavy atom. The van der Waals surface area contributed by atoms with Crippen LogP contribution in [0.2, 0.25) is 0 Å². The van der Waals surface area contributed by atoms with Gasteiger partial charge in [0.05, 0.1) is 6.61 Å². The molecule has 3 aliphatic rings. The summed E-state index contributed by atoms with van der Waals surface area (Å²) in [7, 11) is 0. The van der Waals surface area contributed by atoms with Crippen LogP contribution in [0.25, 0.3) is 0 Å². The van der Waals surface area contributed by atoms with Crippen molar-refractivity contribution in [2.75, 3.05) is 6.61 Å². The van der Waals surface area contributed by atoms with E-state index < -0.39 is 0 Å². The van der Waals surface area contributed by atoms with Crippen LogP contribution in [0.5, 0.6) is 0 Å². The van der Waals surface area contributed by atoms with Gasteiger partial charge in [0.15, 0.2) is 0 Å². The molecule has 0 aromatic rings. The maximum Gasteiger partial charge on any atom is 0.109 e. The van der Waals surface area contributed by atoms with Gasteiger partial charge in [0.25, 0.3) is 0 Å². The Morgan fingerprint density at radius 3 is 2.58 bits per heavy atom. The summed E-state index contributed by atoms with van der Waals surface area (Å²) >= 11 is 2.09. The maximum atomic E-state index is 5.43. The Balaban J connectivity index is 1.68. The second kappa shape index (κ2) is 6.21. The predicted molar refractivity (Wildman–Crippen MR) is 88.1 cm³/mol. The van der Waals surface area contributed by atoms with Crippen molar-refractivity contribution in [1.82, 2.24) is 0 Å². The third-order valence-electron chi connectivity index (χ3n) is 6.70. The van der Waals surface area contributed by atoms with Crippen LogP contribution in [0.1, 0.15) is 58.8 Å². The van der Waals surface area contributed by atoms with E-state index in [1.165, 1.54) is 44.9 Å². The van der Waals surface area contributed by atoms with Gasteiger partial charge in [-0.15, -0.1) is 0 Å². The van der Waals surface area contributed by atoms with Crippen molar-refractivity contribution in [3.8, 4) is 0 Å². The van der Waals surface area contributed by atoms with Crippen LogP contribution in [0.15, 0.2) is 0 Å². The van der Waals surface area contributed by atoms with Gasteiger partial charge in [-0.3, -0.25) is 0 Å². The number of unbranched alkanes of at least 4 members (excludes halogenated alkanes) is 1. The normalized spacial score (nSPS) is 47.8. The van der Waals surface area contributed by atoms with Crippen molar-refractivity contribution in [2.45, 2.75) is 58.8 Å². The molecule has 3 aliphatic carbocycles. The largest absolute Gasteiger partial charge is 0.316 e. The summed E-state index contributed by atoms with van der Waals surface area (Å²) in [5, 5.41) is 0. The number of halogens is 1. The quantitative estimate of drug-likeness (QED) is 0.558. The maximum absolute atomic E-state index is 5.43. The molecule has 0 aliphatic heterocycles. The fraction of sp³-hybridized carbons (Fsp3) is 1.00. The van der Waals surface area contributed by atoms with Crippen molar-refractivity contribution in [1.29, 1.82) is 0 Å². The first kappa shape index (κ1) is 14.6. The Labute approximate surface area is 132 Å². The summed E-state index contributed by atoms with van der Waals surface area (Å²) in [6.07, 6.45) is 10.2. The molecule has 110 valence electrons. The summed E-state index contributed by atoms with van der Waals surface area (Å²) < 4.78 is 5.43. The summed E-state index contributed by atoms with van der Waals surface area (Å²) in [5.74, 6) is 7.45. The van der Waals surface area contributed by atoms with Crippen molar-refractivity contribution >= 4 is 23.0 Å². The minimum Gasteiger partial charge on any atom is -0.316 e. The van der Waals surface area contributed by atoms with Crippen molar-refractivity contribution in [3.05, 3.63) is 0 Å². The van der Waals surface area contributed by atoms with E-state index in [1.807, 2.05) is 0 Å². The third-order valence-corrected chi connectivity index (χ3v) is 7.06. The molecule has 7 unspecified atom stereocenters. The highest BCUT2D eigenvalue weighted by atomic mass is 127. The predicted octanol–water partition coefficient (Wildman–Crippen LogP) is 5.48. The van der Waals surface area contributed by atoms with Crippen LogP contribution in [0.4, 0.5) is 0 Å². The van der Waals surface area contributed by atoms with E-state index in [1.54, 1.807) is 0 Å². The standard InChI is InChI=1S/C17H29IO/c1-3-5-6-13-15-9-11(10-19-18)7-8-14-12(4-2)16(13)17(14)15/h11-17H,3-10H2,1-2H3. The van der Waals surface area contributed by atoms with Gasteiger partial charge < -0.3 is 3.07 Å². The molecule has 0 saturated heterocycles. The number of hydrogen-bond donors (Lipinski definition) is 0. The molecule has 3 rings (SSSR count). The molecule has 1 nitrogen and oxygen atoms in total. The molecule has 3 saturated carbocycles. The summed E-state index contributed by atoms with van der Waals surface area (Å²) in [5.41, 5.74) is 0. The van der Waals surface area contributed by atoms with E-state index in [2.05, 4.69) is 36.9 Å². The zero-order valence-corrected chi connectivity index (χ0v) is 14.6. The van der Waals surface area contributed by atoms with Crippen LogP contribution in [0.3, 0.4) is 0 Å².